The Morgan fingerprint density at radius 1 is 0.935 bits per heavy atom. The molecule has 0 aliphatic carbocycles. The van der Waals surface area contributed by atoms with Gasteiger partial charge in [0.25, 0.3) is 0 Å². The molecule has 4 heterocycles. The van der Waals surface area contributed by atoms with Crippen molar-refractivity contribution in [3.63, 3.8) is 0 Å². The van der Waals surface area contributed by atoms with Crippen LogP contribution in [0.5, 0.6) is 0 Å². The van der Waals surface area contributed by atoms with Gasteiger partial charge in [0, 0.05) is 46.4 Å². The molecule has 0 unspecified atom stereocenters. The van der Waals surface area contributed by atoms with Gasteiger partial charge in [-0.15, -0.1) is 0 Å². The molecule has 0 radical (unpaired) electrons. The molecule has 0 amide bonds. The Labute approximate surface area is 177 Å². The first kappa shape index (κ1) is 18.6. The van der Waals surface area contributed by atoms with Gasteiger partial charge in [-0.3, -0.25) is 15.0 Å². The highest BCUT2D eigenvalue weighted by Gasteiger charge is 2.13. The lowest BCUT2D eigenvalue weighted by Gasteiger charge is -2.07. The summed E-state index contributed by atoms with van der Waals surface area (Å²) in [5.41, 5.74) is 6.82. The topological polar surface area (TPSA) is 105 Å². The van der Waals surface area contributed by atoms with E-state index in [1.165, 1.54) is 6.20 Å². The second-order valence-corrected chi connectivity index (χ2v) is 7.19. The second kappa shape index (κ2) is 7.46. The van der Waals surface area contributed by atoms with Crippen LogP contribution in [0.15, 0.2) is 73.4 Å². The molecule has 5 rings (SSSR count). The molecule has 0 spiro atoms. The minimum absolute atomic E-state index is 0.137. The Hall–Kier alpha value is -4.39. The highest BCUT2D eigenvalue weighted by atomic mass is 16.4. The number of aromatic nitrogens is 5. The monoisotopic (exact) mass is 407 g/mol. The standard InChI is InChI=1S/C24H17N5O2/c1-14-3-2-4-21(29-14)23-22(27-13-28-23)15-5-6-20-16(7-15)8-18(12-26-20)17-9-19(24(30)31)11-25-10-17/h2-13H,1H3,(H,27,28)(H,30,31). The second-order valence-electron chi connectivity index (χ2n) is 7.19. The van der Waals surface area contributed by atoms with Crippen molar-refractivity contribution in [1.29, 1.82) is 0 Å². The number of nitrogens with one attached hydrogen (secondary N) is 1. The summed E-state index contributed by atoms with van der Waals surface area (Å²) < 4.78 is 0. The molecule has 7 heteroatoms. The lowest BCUT2D eigenvalue weighted by Crippen LogP contribution is -1.97. The molecule has 31 heavy (non-hydrogen) atoms. The molecule has 2 N–H and O–H groups in total. The fraction of sp³-hybridized carbons (Fsp3) is 0.0417. The van der Waals surface area contributed by atoms with Crippen LogP contribution in [-0.2, 0) is 0 Å². The number of carboxylic acid groups (broad SMARTS) is 1. The van der Waals surface area contributed by atoms with Crippen molar-refractivity contribution in [3.05, 3.63) is 84.7 Å². The summed E-state index contributed by atoms with van der Waals surface area (Å²) in [7, 11) is 0. The van der Waals surface area contributed by atoms with Crippen molar-refractivity contribution in [1.82, 2.24) is 24.9 Å². The molecule has 0 bridgehead atoms. The highest BCUT2D eigenvalue weighted by Crippen LogP contribution is 2.31. The fourth-order valence-corrected chi connectivity index (χ4v) is 3.54. The van der Waals surface area contributed by atoms with E-state index in [9.17, 15) is 9.90 Å². The van der Waals surface area contributed by atoms with Crippen molar-refractivity contribution in [2.45, 2.75) is 6.92 Å². The van der Waals surface area contributed by atoms with Gasteiger partial charge in [-0.05, 0) is 43.3 Å². The Morgan fingerprint density at radius 3 is 2.61 bits per heavy atom. The number of rotatable bonds is 4. The Kier molecular flexibility index (Phi) is 4.48. The maximum atomic E-state index is 11.3. The summed E-state index contributed by atoms with van der Waals surface area (Å²) in [5, 5.41) is 10.2. The van der Waals surface area contributed by atoms with Crippen molar-refractivity contribution >= 4 is 16.9 Å². The third kappa shape index (κ3) is 3.53. The zero-order valence-electron chi connectivity index (χ0n) is 16.6. The van der Waals surface area contributed by atoms with E-state index in [1.54, 1.807) is 24.8 Å². The van der Waals surface area contributed by atoms with Gasteiger partial charge in [0.05, 0.1) is 34.5 Å². The maximum Gasteiger partial charge on any atom is 0.337 e. The number of carboxylic acids is 1. The van der Waals surface area contributed by atoms with Crippen LogP contribution in [0.4, 0.5) is 0 Å². The first-order valence-corrected chi connectivity index (χ1v) is 9.65. The van der Waals surface area contributed by atoms with Gasteiger partial charge in [0.15, 0.2) is 0 Å². The number of nitrogens with zero attached hydrogens (tertiary/aromatic N) is 4. The van der Waals surface area contributed by atoms with Crippen molar-refractivity contribution in [3.8, 4) is 33.8 Å². The van der Waals surface area contributed by atoms with Crippen LogP contribution in [-0.4, -0.2) is 36.0 Å². The van der Waals surface area contributed by atoms with Crippen LogP contribution in [0.2, 0.25) is 0 Å². The molecular weight excluding hydrogens is 390 g/mol. The van der Waals surface area contributed by atoms with E-state index in [0.717, 1.165) is 44.8 Å². The van der Waals surface area contributed by atoms with E-state index >= 15 is 0 Å². The van der Waals surface area contributed by atoms with Crippen LogP contribution in [0.3, 0.4) is 0 Å². The number of hydrogen-bond acceptors (Lipinski definition) is 5. The number of aromatic carboxylic acids is 1. The number of H-pyrrole nitrogens is 1. The maximum absolute atomic E-state index is 11.3. The number of aryl methyl sites for hydroxylation is 1. The number of benzene rings is 1. The van der Waals surface area contributed by atoms with E-state index in [-0.39, 0.29) is 5.56 Å². The number of imidazole rings is 1. The summed E-state index contributed by atoms with van der Waals surface area (Å²) in [5.74, 6) is -1.01. The molecule has 150 valence electrons. The summed E-state index contributed by atoms with van der Waals surface area (Å²) in [6.45, 7) is 1.96. The highest BCUT2D eigenvalue weighted by molar-refractivity contribution is 5.91. The summed E-state index contributed by atoms with van der Waals surface area (Å²) >= 11 is 0. The normalized spacial score (nSPS) is 11.0. The Bertz CT molecular complexity index is 1440. The van der Waals surface area contributed by atoms with Crippen LogP contribution in [0.1, 0.15) is 16.1 Å². The minimum atomic E-state index is -1.01. The van der Waals surface area contributed by atoms with E-state index in [2.05, 4.69) is 24.9 Å². The number of pyridine rings is 3. The molecule has 1 aromatic carbocycles. The lowest BCUT2D eigenvalue weighted by molar-refractivity contribution is 0.0696. The number of aromatic amines is 1. The van der Waals surface area contributed by atoms with Crippen molar-refractivity contribution in [2.24, 2.45) is 0 Å². The SMILES string of the molecule is Cc1cccc(-c2[nH]cnc2-c2ccc3ncc(-c4cncc(C(=O)O)c4)cc3c2)n1. The average Bonchev–Trinajstić information content (AvgIpc) is 3.28. The molecule has 5 aromatic rings. The fourth-order valence-electron chi connectivity index (χ4n) is 3.54. The minimum Gasteiger partial charge on any atom is -0.478 e. The predicted octanol–water partition coefficient (Wildman–Crippen LogP) is 4.76. The van der Waals surface area contributed by atoms with Gasteiger partial charge in [-0.25, -0.2) is 9.78 Å². The van der Waals surface area contributed by atoms with Gasteiger partial charge in [-0.1, -0.05) is 12.1 Å². The third-order valence-electron chi connectivity index (χ3n) is 5.06. The summed E-state index contributed by atoms with van der Waals surface area (Å²) in [4.78, 5) is 32.2. The van der Waals surface area contributed by atoms with Gasteiger partial charge in [0.2, 0.25) is 0 Å². The van der Waals surface area contributed by atoms with Gasteiger partial charge in [-0.2, -0.15) is 0 Å². The summed E-state index contributed by atoms with van der Waals surface area (Å²) in [6.07, 6.45) is 6.35. The van der Waals surface area contributed by atoms with E-state index in [0.29, 0.717) is 5.56 Å². The van der Waals surface area contributed by atoms with Gasteiger partial charge < -0.3 is 10.1 Å². The molecule has 0 aliphatic rings. The molecule has 0 saturated heterocycles. The molecular formula is C24H17N5O2. The molecule has 0 atom stereocenters. The van der Waals surface area contributed by atoms with Crippen molar-refractivity contribution < 1.29 is 9.90 Å². The van der Waals surface area contributed by atoms with E-state index in [1.807, 2.05) is 49.4 Å². The first-order valence-electron chi connectivity index (χ1n) is 9.65. The molecule has 7 nitrogen and oxygen atoms in total. The van der Waals surface area contributed by atoms with E-state index < -0.39 is 5.97 Å². The molecule has 4 aromatic heterocycles. The lowest BCUT2D eigenvalue weighted by atomic mass is 10.0. The van der Waals surface area contributed by atoms with Gasteiger partial charge in [0.1, 0.15) is 0 Å². The Balaban J connectivity index is 1.59. The van der Waals surface area contributed by atoms with Crippen LogP contribution in [0.25, 0.3) is 44.7 Å². The molecule has 0 saturated carbocycles. The van der Waals surface area contributed by atoms with Crippen LogP contribution in [0, 0.1) is 6.92 Å². The molecule has 0 aliphatic heterocycles. The quantitative estimate of drug-likeness (QED) is 0.445. The average molecular weight is 407 g/mol. The Morgan fingerprint density at radius 2 is 1.77 bits per heavy atom. The zero-order valence-corrected chi connectivity index (χ0v) is 16.6. The number of hydrogen-bond donors (Lipinski definition) is 2. The van der Waals surface area contributed by atoms with Gasteiger partial charge >= 0.3 is 5.97 Å². The smallest absolute Gasteiger partial charge is 0.337 e. The zero-order chi connectivity index (χ0) is 21.4. The van der Waals surface area contributed by atoms with Crippen LogP contribution < -0.4 is 0 Å². The van der Waals surface area contributed by atoms with Crippen LogP contribution >= 0.6 is 0 Å². The largest absolute Gasteiger partial charge is 0.478 e. The predicted molar refractivity (Wildman–Crippen MR) is 117 cm³/mol. The first-order chi connectivity index (χ1) is 15.1. The molecule has 0 fully saturated rings. The number of fused-ring (bicyclic) bond motifs is 1. The summed E-state index contributed by atoms with van der Waals surface area (Å²) in [6, 6.07) is 15.4. The number of carbonyl (C=O) groups is 1. The third-order valence-corrected chi connectivity index (χ3v) is 5.06. The van der Waals surface area contributed by atoms with E-state index in [4.69, 9.17) is 0 Å². The van der Waals surface area contributed by atoms with Crippen molar-refractivity contribution in [2.75, 3.05) is 0 Å².